The maximum absolute atomic E-state index is 12.6. The second-order valence-corrected chi connectivity index (χ2v) is 5.72. The number of hydrogen-bond donors (Lipinski definition) is 2. The SMILES string of the molecule is COc1cc(OC)nc(Oc2ccccc2C(=O)NNc2ccc([N+](=O)[O-])cc2)n1. The van der Waals surface area contributed by atoms with Gasteiger partial charge in [0, 0.05) is 12.1 Å². The first-order valence-corrected chi connectivity index (χ1v) is 8.55. The van der Waals surface area contributed by atoms with Crippen LogP contribution in [0.2, 0.25) is 0 Å². The number of nitro benzene ring substituents is 1. The van der Waals surface area contributed by atoms with Gasteiger partial charge in [0.2, 0.25) is 11.8 Å². The number of rotatable bonds is 8. The van der Waals surface area contributed by atoms with Crippen molar-refractivity contribution in [2.24, 2.45) is 0 Å². The van der Waals surface area contributed by atoms with Crippen LogP contribution in [0.3, 0.4) is 0 Å². The highest BCUT2D eigenvalue weighted by molar-refractivity contribution is 5.97. The third-order valence-corrected chi connectivity index (χ3v) is 3.81. The van der Waals surface area contributed by atoms with Crippen molar-refractivity contribution in [3.8, 4) is 23.5 Å². The van der Waals surface area contributed by atoms with E-state index in [-0.39, 0.29) is 34.8 Å². The zero-order chi connectivity index (χ0) is 21.5. The number of carbonyl (C=O) groups excluding carboxylic acids is 1. The van der Waals surface area contributed by atoms with Crippen LogP contribution in [-0.2, 0) is 0 Å². The molecule has 2 aromatic carbocycles. The van der Waals surface area contributed by atoms with E-state index in [4.69, 9.17) is 14.2 Å². The summed E-state index contributed by atoms with van der Waals surface area (Å²) in [5, 5.41) is 10.7. The molecule has 0 fully saturated rings. The Morgan fingerprint density at radius 3 is 2.23 bits per heavy atom. The molecule has 0 aliphatic rings. The fourth-order valence-corrected chi connectivity index (χ4v) is 2.34. The van der Waals surface area contributed by atoms with E-state index >= 15 is 0 Å². The lowest BCUT2D eigenvalue weighted by molar-refractivity contribution is -0.384. The van der Waals surface area contributed by atoms with E-state index in [2.05, 4.69) is 20.8 Å². The van der Waals surface area contributed by atoms with Crippen LogP contribution in [0.25, 0.3) is 0 Å². The Hall–Kier alpha value is -4.41. The number of nitrogens with one attached hydrogen (secondary N) is 2. The topological polar surface area (TPSA) is 138 Å². The summed E-state index contributed by atoms with van der Waals surface area (Å²) in [5.41, 5.74) is 5.81. The van der Waals surface area contributed by atoms with Gasteiger partial charge >= 0.3 is 6.01 Å². The van der Waals surface area contributed by atoms with E-state index in [9.17, 15) is 14.9 Å². The Balaban J connectivity index is 1.74. The monoisotopic (exact) mass is 411 g/mol. The van der Waals surface area contributed by atoms with Crippen molar-refractivity contribution in [3.05, 3.63) is 70.3 Å². The molecular formula is C19H17N5O6. The number of ether oxygens (including phenoxy) is 3. The van der Waals surface area contributed by atoms with E-state index in [1.807, 2.05) is 0 Å². The second-order valence-electron chi connectivity index (χ2n) is 5.72. The van der Waals surface area contributed by atoms with Gasteiger partial charge < -0.3 is 14.2 Å². The summed E-state index contributed by atoms with van der Waals surface area (Å²) in [6.07, 6.45) is 0. The Kier molecular flexibility index (Phi) is 6.23. The van der Waals surface area contributed by atoms with Gasteiger partial charge in [-0.2, -0.15) is 9.97 Å². The highest BCUT2D eigenvalue weighted by Crippen LogP contribution is 2.26. The number of anilines is 1. The number of benzene rings is 2. The third-order valence-electron chi connectivity index (χ3n) is 3.81. The lowest BCUT2D eigenvalue weighted by atomic mass is 10.2. The normalized spacial score (nSPS) is 10.1. The third kappa shape index (κ3) is 4.90. The first-order valence-electron chi connectivity index (χ1n) is 8.55. The van der Waals surface area contributed by atoms with Crippen LogP contribution in [0.4, 0.5) is 11.4 Å². The quantitative estimate of drug-likeness (QED) is 0.423. The summed E-state index contributed by atoms with van der Waals surface area (Å²) >= 11 is 0. The predicted octanol–water partition coefficient (Wildman–Crippen LogP) is 2.95. The summed E-state index contributed by atoms with van der Waals surface area (Å²) < 4.78 is 15.8. The molecule has 0 unspecified atom stereocenters. The molecule has 154 valence electrons. The number of methoxy groups -OCH3 is 2. The van der Waals surface area contributed by atoms with Crippen molar-refractivity contribution < 1.29 is 23.9 Å². The molecule has 0 aliphatic carbocycles. The number of hydrazine groups is 1. The van der Waals surface area contributed by atoms with Gasteiger partial charge in [-0.05, 0) is 24.3 Å². The average molecular weight is 411 g/mol. The largest absolute Gasteiger partial charge is 0.481 e. The van der Waals surface area contributed by atoms with Crippen LogP contribution in [0.5, 0.6) is 23.5 Å². The summed E-state index contributed by atoms with van der Waals surface area (Å²) in [6, 6.07) is 13.5. The van der Waals surface area contributed by atoms with Crippen LogP contribution < -0.4 is 25.1 Å². The Labute approximate surface area is 170 Å². The lowest BCUT2D eigenvalue weighted by Crippen LogP contribution is -2.29. The number of aromatic nitrogens is 2. The molecular weight excluding hydrogens is 394 g/mol. The molecule has 3 aromatic rings. The second kappa shape index (κ2) is 9.19. The molecule has 30 heavy (non-hydrogen) atoms. The molecule has 0 saturated carbocycles. The smallest absolute Gasteiger partial charge is 0.328 e. The summed E-state index contributed by atoms with van der Waals surface area (Å²) in [5.74, 6) is 0.173. The van der Waals surface area contributed by atoms with Gasteiger partial charge in [0.15, 0.2) is 0 Å². The number of carbonyl (C=O) groups is 1. The van der Waals surface area contributed by atoms with Crippen LogP contribution in [0, 0.1) is 10.1 Å². The maximum atomic E-state index is 12.6. The van der Waals surface area contributed by atoms with Gasteiger partial charge in [-0.3, -0.25) is 25.8 Å². The van der Waals surface area contributed by atoms with Crippen LogP contribution in [-0.4, -0.2) is 35.0 Å². The van der Waals surface area contributed by atoms with Crippen molar-refractivity contribution in [2.75, 3.05) is 19.6 Å². The van der Waals surface area contributed by atoms with E-state index < -0.39 is 10.8 Å². The van der Waals surface area contributed by atoms with Gasteiger partial charge in [-0.1, -0.05) is 12.1 Å². The van der Waals surface area contributed by atoms with Gasteiger partial charge in [-0.15, -0.1) is 0 Å². The minimum Gasteiger partial charge on any atom is -0.481 e. The minimum atomic E-state index is -0.508. The van der Waals surface area contributed by atoms with Gasteiger partial charge in [0.05, 0.1) is 36.5 Å². The fourth-order valence-electron chi connectivity index (χ4n) is 2.34. The number of nitro groups is 1. The molecule has 0 atom stereocenters. The molecule has 0 spiro atoms. The molecule has 11 nitrogen and oxygen atoms in total. The number of non-ortho nitro benzene ring substituents is 1. The number of amides is 1. The Morgan fingerprint density at radius 1 is 1.00 bits per heavy atom. The summed E-state index contributed by atoms with van der Waals surface area (Å²) in [4.78, 5) is 30.9. The number of para-hydroxylation sites is 1. The van der Waals surface area contributed by atoms with E-state index in [1.54, 1.807) is 24.3 Å². The van der Waals surface area contributed by atoms with E-state index in [1.165, 1.54) is 44.6 Å². The lowest BCUT2D eigenvalue weighted by Gasteiger charge is -2.12. The van der Waals surface area contributed by atoms with Crippen molar-refractivity contribution >= 4 is 17.3 Å². The standard InChI is InChI=1S/C19H17N5O6/c1-28-16-11-17(29-2)21-19(20-16)30-15-6-4-3-5-14(15)18(25)23-22-12-7-9-13(10-8-12)24(26)27/h3-11,22H,1-2H3,(H,23,25). The fraction of sp³-hybridized carbons (Fsp3) is 0.105. The predicted molar refractivity (Wildman–Crippen MR) is 106 cm³/mol. The van der Waals surface area contributed by atoms with E-state index in [0.717, 1.165) is 0 Å². The highest BCUT2D eigenvalue weighted by atomic mass is 16.6. The summed E-state index contributed by atoms with van der Waals surface area (Å²) in [6.45, 7) is 0. The van der Waals surface area contributed by atoms with Crippen LogP contribution >= 0.6 is 0 Å². The molecule has 1 aromatic heterocycles. The molecule has 2 N–H and O–H groups in total. The first kappa shape index (κ1) is 20.3. The zero-order valence-corrected chi connectivity index (χ0v) is 16.0. The molecule has 3 rings (SSSR count). The van der Waals surface area contributed by atoms with Gasteiger partial charge in [0.1, 0.15) is 5.75 Å². The van der Waals surface area contributed by atoms with Gasteiger partial charge in [-0.25, -0.2) is 0 Å². The molecule has 0 radical (unpaired) electrons. The molecule has 1 heterocycles. The van der Waals surface area contributed by atoms with Crippen molar-refractivity contribution in [1.29, 1.82) is 0 Å². The first-order chi connectivity index (χ1) is 14.5. The molecule has 0 bridgehead atoms. The minimum absolute atomic E-state index is 0.0562. The average Bonchev–Trinajstić information content (AvgIpc) is 2.77. The molecule has 11 heteroatoms. The maximum Gasteiger partial charge on any atom is 0.328 e. The summed E-state index contributed by atoms with van der Waals surface area (Å²) in [7, 11) is 2.88. The Morgan fingerprint density at radius 2 is 1.63 bits per heavy atom. The van der Waals surface area contributed by atoms with Crippen LogP contribution in [0.1, 0.15) is 10.4 Å². The van der Waals surface area contributed by atoms with E-state index in [0.29, 0.717) is 5.69 Å². The Bertz CT molecular complexity index is 1040. The molecule has 1 amide bonds. The highest BCUT2D eigenvalue weighted by Gasteiger charge is 2.15. The van der Waals surface area contributed by atoms with Crippen molar-refractivity contribution in [2.45, 2.75) is 0 Å². The number of hydrogen-bond acceptors (Lipinski definition) is 9. The molecule has 0 saturated heterocycles. The zero-order valence-electron chi connectivity index (χ0n) is 16.0. The number of nitrogens with zero attached hydrogens (tertiary/aromatic N) is 3. The molecule has 0 aliphatic heterocycles. The van der Waals surface area contributed by atoms with Gasteiger partial charge in [0.25, 0.3) is 11.6 Å². The van der Waals surface area contributed by atoms with Crippen LogP contribution in [0.15, 0.2) is 54.6 Å². The van der Waals surface area contributed by atoms with Crippen molar-refractivity contribution in [1.82, 2.24) is 15.4 Å². The van der Waals surface area contributed by atoms with Crippen molar-refractivity contribution in [3.63, 3.8) is 0 Å².